The fourth-order valence-electron chi connectivity index (χ4n) is 6.69. The standard InChI is InChI=1S/C34H38N2O5/c1-31(2,3)21-13-17-28(40-21)23-15(33(17,7)35)11-18(37-9)26-24-16(12-19(38-10)25(23)26)34(8,36)27-29-20(39-30(24)27)14-22(41-29)32(4,5)6/h11-14H,35-36H2,1-10H3. The van der Waals surface area contributed by atoms with Gasteiger partial charge in [0.1, 0.15) is 34.5 Å². The molecule has 0 spiro atoms. The molecule has 0 amide bonds. The SMILES string of the molecule is COc1cc2c(c3c(OC)cc4c(c13)-c1oc(C(C)(C)C)cc1C4(C)N)-c1oc3cc(C(C)(C)C)oc3c1C2(C)N. The van der Waals surface area contributed by atoms with Gasteiger partial charge >= 0.3 is 0 Å². The molecule has 41 heavy (non-hydrogen) atoms. The third kappa shape index (κ3) is 3.16. The Morgan fingerprint density at radius 1 is 0.634 bits per heavy atom. The van der Waals surface area contributed by atoms with Gasteiger partial charge in [-0.1, -0.05) is 41.5 Å². The molecule has 214 valence electrons. The molecule has 0 saturated heterocycles. The van der Waals surface area contributed by atoms with Gasteiger partial charge in [0, 0.05) is 44.4 Å². The lowest BCUT2D eigenvalue weighted by atomic mass is 9.85. The normalized spacial score (nSPS) is 21.4. The summed E-state index contributed by atoms with van der Waals surface area (Å²) in [6.45, 7) is 16.8. The molecule has 2 unspecified atom stereocenters. The first-order chi connectivity index (χ1) is 19.0. The number of benzene rings is 2. The van der Waals surface area contributed by atoms with Gasteiger partial charge in [-0.3, -0.25) is 0 Å². The van der Waals surface area contributed by atoms with Crippen LogP contribution in [0.15, 0.2) is 37.5 Å². The van der Waals surface area contributed by atoms with Gasteiger partial charge in [-0.25, -0.2) is 0 Å². The van der Waals surface area contributed by atoms with Gasteiger partial charge in [-0.15, -0.1) is 0 Å². The fraction of sp³-hybridized carbons (Fsp3) is 0.412. The summed E-state index contributed by atoms with van der Waals surface area (Å²) in [7, 11) is 3.35. The van der Waals surface area contributed by atoms with Gasteiger partial charge in [0.2, 0.25) is 0 Å². The number of rotatable bonds is 2. The lowest BCUT2D eigenvalue weighted by molar-refractivity contribution is 0.411. The molecule has 7 nitrogen and oxygen atoms in total. The number of ether oxygens (including phenoxy) is 2. The lowest BCUT2D eigenvalue weighted by Gasteiger charge is -2.25. The Kier molecular flexibility index (Phi) is 4.85. The van der Waals surface area contributed by atoms with E-state index in [9.17, 15) is 0 Å². The maximum atomic E-state index is 7.16. The molecule has 2 aliphatic carbocycles. The van der Waals surface area contributed by atoms with Crippen LogP contribution >= 0.6 is 0 Å². The van der Waals surface area contributed by atoms with E-state index in [2.05, 4.69) is 47.6 Å². The number of nitrogens with two attached hydrogens (primary N) is 2. The molecule has 0 saturated carbocycles. The highest BCUT2D eigenvalue weighted by atomic mass is 16.5. The first-order valence-corrected chi connectivity index (χ1v) is 14.1. The second-order valence-electron chi connectivity index (χ2n) is 14.1. The van der Waals surface area contributed by atoms with Gasteiger partial charge in [0.15, 0.2) is 11.2 Å². The summed E-state index contributed by atoms with van der Waals surface area (Å²) >= 11 is 0. The zero-order valence-electron chi connectivity index (χ0n) is 25.5. The maximum absolute atomic E-state index is 7.16. The predicted octanol–water partition coefficient (Wildman–Crippen LogP) is 7.79. The van der Waals surface area contributed by atoms with E-state index in [1.165, 1.54) is 0 Å². The molecule has 4 N–H and O–H groups in total. The van der Waals surface area contributed by atoms with E-state index in [0.29, 0.717) is 28.4 Å². The summed E-state index contributed by atoms with van der Waals surface area (Å²) in [5.74, 6) is 4.51. The minimum Gasteiger partial charge on any atom is -0.496 e. The molecule has 5 aromatic rings. The average molecular weight is 555 g/mol. The second-order valence-corrected chi connectivity index (χ2v) is 14.1. The summed E-state index contributed by atoms with van der Waals surface area (Å²) < 4.78 is 31.8. The van der Waals surface area contributed by atoms with Gasteiger partial charge in [0.05, 0.1) is 30.9 Å². The summed E-state index contributed by atoms with van der Waals surface area (Å²) in [5, 5.41) is 1.71. The second kappa shape index (κ2) is 7.58. The predicted molar refractivity (Wildman–Crippen MR) is 161 cm³/mol. The molecule has 2 aliphatic rings. The van der Waals surface area contributed by atoms with Crippen molar-refractivity contribution in [2.75, 3.05) is 14.2 Å². The van der Waals surface area contributed by atoms with Crippen molar-refractivity contribution >= 4 is 21.9 Å². The Balaban J connectivity index is 1.63. The van der Waals surface area contributed by atoms with Crippen molar-refractivity contribution in [2.45, 2.75) is 77.3 Å². The first kappa shape index (κ1) is 26.2. The monoisotopic (exact) mass is 554 g/mol. The third-order valence-corrected chi connectivity index (χ3v) is 9.00. The molecule has 3 aromatic heterocycles. The topological polar surface area (TPSA) is 110 Å². The van der Waals surface area contributed by atoms with Gasteiger partial charge in [-0.2, -0.15) is 0 Å². The van der Waals surface area contributed by atoms with E-state index in [4.69, 9.17) is 34.2 Å². The van der Waals surface area contributed by atoms with E-state index < -0.39 is 11.1 Å². The molecule has 0 radical (unpaired) electrons. The third-order valence-electron chi connectivity index (χ3n) is 9.00. The quantitative estimate of drug-likeness (QED) is 0.229. The fourth-order valence-corrected chi connectivity index (χ4v) is 6.69. The van der Waals surface area contributed by atoms with Crippen LogP contribution in [0.3, 0.4) is 0 Å². The Labute approximate surface area is 239 Å². The van der Waals surface area contributed by atoms with Crippen LogP contribution in [0, 0.1) is 0 Å². The lowest BCUT2D eigenvalue weighted by Crippen LogP contribution is -2.32. The highest BCUT2D eigenvalue weighted by Crippen LogP contribution is 2.61. The van der Waals surface area contributed by atoms with E-state index >= 15 is 0 Å². The Bertz CT molecular complexity index is 1930. The van der Waals surface area contributed by atoms with Gasteiger partial charge in [-0.05, 0) is 43.2 Å². The van der Waals surface area contributed by atoms with Crippen molar-refractivity contribution in [3.8, 4) is 34.1 Å². The number of hydrogen-bond donors (Lipinski definition) is 2. The van der Waals surface area contributed by atoms with Crippen LogP contribution in [0.25, 0.3) is 44.6 Å². The van der Waals surface area contributed by atoms with Crippen LogP contribution in [0.1, 0.15) is 89.2 Å². The smallest absolute Gasteiger partial charge is 0.178 e. The summed E-state index contributed by atoms with van der Waals surface area (Å²) in [4.78, 5) is 0. The number of methoxy groups -OCH3 is 2. The first-order valence-electron chi connectivity index (χ1n) is 14.1. The number of furan rings is 3. The molecule has 7 heteroatoms. The Hall–Kier alpha value is -3.68. The Morgan fingerprint density at radius 2 is 1.15 bits per heavy atom. The van der Waals surface area contributed by atoms with Crippen LogP contribution in [-0.2, 0) is 21.9 Å². The van der Waals surface area contributed by atoms with Crippen LogP contribution in [0.5, 0.6) is 11.5 Å². The van der Waals surface area contributed by atoms with E-state index in [-0.39, 0.29) is 10.8 Å². The zero-order valence-corrected chi connectivity index (χ0v) is 25.5. The van der Waals surface area contributed by atoms with Crippen molar-refractivity contribution in [1.82, 2.24) is 0 Å². The molecule has 0 fully saturated rings. The number of hydrogen-bond acceptors (Lipinski definition) is 7. The van der Waals surface area contributed by atoms with Crippen LogP contribution in [-0.4, -0.2) is 14.2 Å². The molecular weight excluding hydrogens is 516 g/mol. The van der Waals surface area contributed by atoms with E-state index in [1.54, 1.807) is 14.2 Å². The van der Waals surface area contributed by atoms with Crippen LogP contribution in [0.2, 0.25) is 0 Å². The van der Waals surface area contributed by atoms with Crippen LogP contribution < -0.4 is 20.9 Å². The molecule has 2 aromatic carbocycles. The molecule has 7 rings (SSSR count). The highest BCUT2D eigenvalue weighted by Gasteiger charge is 2.48. The van der Waals surface area contributed by atoms with Crippen molar-refractivity contribution in [1.29, 1.82) is 0 Å². The molecule has 0 aliphatic heterocycles. The van der Waals surface area contributed by atoms with Gasteiger partial charge in [0.25, 0.3) is 0 Å². The number of fused-ring (bicyclic) bond motifs is 11. The van der Waals surface area contributed by atoms with Gasteiger partial charge < -0.3 is 34.2 Å². The van der Waals surface area contributed by atoms with Crippen molar-refractivity contribution in [3.63, 3.8) is 0 Å². The van der Waals surface area contributed by atoms with Crippen molar-refractivity contribution in [2.24, 2.45) is 11.5 Å². The molecular formula is C34H38N2O5. The van der Waals surface area contributed by atoms with Crippen LogP contribution in [0.4, 0.5) is 0 Å². The summed E-state index contributed by atoms with van der Waals surface area (Å²) in [5.41, 5.74) is 18.9. The minimum atomic E-state index is -0.897. The molecule has 0 bridgehead atoms. The average Bonchev–Trinajstić information content (AvgIpc) is 3.63. The van der Waals surface area contributed by atoms with E-state index in [1.807, 2.05) is 32.0 Å². The molecule has 2 atom stereocenters. The highest BCUT2D eigenvalue weighted by molar-refractivity contribution is 6.16. The van der Waals surface area contributed by atoms with Crippen molar-refractivity contribution in [3.05, 3.63) is 58.0 Å². The zero-order chi connectivity index (χ0) is 29.6. The Morgan fingerprint density at radius 3 is 1.68 bits per heavy atom. The largest absolute Gasteiger partial charge is 0.496 e. The summed E-state index contributed by atoms with van der Waals surface area (Å²) in [6.07, 6.45) is 0. The minimum absolute atomic E-state index is 0.175. The molecule has 3 heterocycles. The van der Waals surface area contributed by atoms with Crippen molar-refractivity contribution < 1.29 is 22.7 Å². The van der Waals surface area contributed by atoms with E-state index in [0.717, 1.165) is 61.4 Å². The maximum Gasteiger partial charge on any atom is 0.178 e. The summed E-state index contributed by atoms with van der Waals surface area (Å²) in [6, 6.07) is 8.12.